The van der Waals surface area contributed by atoms with Crippen molar-refractivity contribution in [3.8, 4) is 5.75 Å². The molecule has 1 aromatic carbocycles. The molecule has 0 bridgehead atoms. The lowest BCUT2D eigenvalue weighted by Gasteiger charge is -2.24. The Morgan fingerprint density at radius 1 is 1.35 bits per heavy atom. The van der Waals surface area contributed by atoms with Crippen molar-refractivity contribution in [2.75, 3.05) is 12.3 Å². The molecule has 0 spiro atoms. The normalized spacial score (nSPS) is 17.4. The lowest BCUT2D eigenvalue weighted by molar-refractivity contribution is 0.257. The summed E-state index contributed by atoms with van der Waals surface area (Å²) in [6.45, 7) is 2.66. The van der Waals surface area contributed by atoms with Crippen LogP contribution in [0.4, 0.5) is 5.82 Å². The van der Waals surface area contributed by atoms with E-state index in [1.807, 2.05) is 18.2 Å². The second-order valence-corrected chi connectivity index (χ2v) is 5.69. The number of halogens is 1. The molecule has 0 saturated carbocycles. The molecule has 4 nitrogen and oxygen atoms in total. The monoisotopic (exact) mass is 333 g/mol. The van der Waals surface area contributed by atoms with Crippen LogP contribution in [0.1, 0.15) is 29.9 Å². The van der Waals surface area contributed by atoms with E-state index in [4.69, 9.17) is 10.5 Å². The van der Waals surface area contributed by atoms with Gasteiger partial charge in [-0.05, 0) is 40.4 Å². The molecule has 2 heterocycles. The van der Waals surface area contributed by atoms with Crippen molar-refractivity contribution in [2.45, 2.75) is 25.7 Å². The first-order valence-electron chi connectivity index (χ1n) is 6.71. The molecule has 1 unspecified atom stereocenters. The average molecular weight is 334 g/mol. The molecule has 5 heteroatoms. The summed E-state index contributed by atoms with van der Waals surface area (Å²) in [4.78, 5) is 9.05. The van der Waals surface area contributed by atoms with E-state index in [-0.39, 0.29) is 5.92 Å². The molecule has 1 aliphatic heterocycles. The van der Waals surface area contributed by atoms with Gasteiger partial charge in [0.2, 0.25) is 0 Å². The largest absolute Gasteiger partial charge is 0.493 e. The van der Waals surface area contributed by atoms with Crippen LogP contribution in [0.25, 0.3) is 0 Å². The van der Waals surface area contributed by atoms with Gasteiger partial charge in [0.05, 0.1) is 22.7 Å². The smallest absolute Gasteiger partial charge is 0.141 e. The Hall–Kier alpha value is -1.62. The first-order valence-corrected chi connectivity index (χ1v) is 7.50. The summed E-state index contributed by atoms with van der Waals surface area (Å²) in [6, 6.07) is 8.10. The van der Waals surface area contributed by atoms with Crippen LogP contribution in [0.2, 0.25) is 0 Å². The zero-order valence-corrected chi connectivity index (χ0v) is 12.9. The van der Waals surface area contributed by atoms with Gasteiger partial charge in [0.1, 0.15) is 17.4 Å². The number of anilines is 1. The van der Waals surface area contributed by atoms with Crippen molar-refractivity contribution in [3.63, 3.8) is 0 Å². The van der Waals surface area contributed by atoms with Crippen molar-refractivity contribution >= 4 is 21.7 Å². The molecule has 1 aliphatic rings. The number of nitrogen functional groups attached to an aromatic ring is 1. The number of nitrogens with two attached hydrogens (primary N) is 1. The summed E-state index contributed by atoms with van der Waals surface area (Å²) in [7, 11) is 0. The minimum atomic E-state index is 0.158. The highest BCUT2D eigenvalue weighted by Crippen LogP contribution is 2.32. The third-order valence-electron chi connectivity index (χ3n) is 3.54. The SMILES string of the molecule is CCc1nc(C2COc3ccccc3C2)nc(N)c1Br. The Labute approximate surface area is 126 Å². The van der Waals surface area contributed by atoms with Gasteiger partial charge in [-0.3, -0.25) is 0 Å². The second kappa shape index (κ2) is 5.40. The summed E-state index contributed by atoms with van der Waals surface area (Å²) < 4.78 is 6.61. The quantitative estimate of drug-likeness (QED) is 0.917. The van der Waals surface area contributed by atoms with Crippen LogP contribution in [-0.2, 0) is 12.8 Å². The van der Waals surface area contributed by atoms with E-state index >= 15 is 0 Å². The van der Waals surface area contributed by atoms with Gasteiger partial charge in [0, 0.05) is 0 Å². The maximum atomic E-state index is 5.96. The molecule has 0 aliphatic carbocycles. The van der Waals surface area contributed by atoms with Gasteiger partial charge in [-0.25, -0.2) is 9.97 Å². The molecular formula is C15H16BrN3O. The number of rotatable bonds is 2. The van der Waals surface area contributed by atoms with Crippen LogP contribution < -0.4 is 10.5 Å². The van der Waals surface area contributed by atoms with Crippen molar-refractivity contribution in [3.05, 3.63) is 45.8 Å². The fourth-order valence-electron chi connectivity index (χ4n) is 2.44. The Kier molecular flexibility index (Phi) is 3.61. The number of fused-ring (bicyclic) bond motifs is 1. The zero-order valence-electron chi connectivity index (χ0n) is 11.3. The van der Waals surface area contributed by atoms with Gasteiger partial charge in [-0.1, -0.05) is 25.1 Å². The molecule has 0 saturated heterocycles. The maximum absolute atomic E-state index is 5.96. The molecule has 0 radical (unpaired) electrons. The second-order valence-electron chi connectivity index (χ2n) is 4.90. The summed E-state index contributed by atoms with van der Waals surface area (Å²) >= 11 is 3.44. The van der Waals surface area contributed by atoms with Crippen LogP contribution in [0.3, 0.4) is 0 Å². The van der Waals surface area contributed by atoms with Crippen molar-refractivity contribution in [1.29, 1.82) is 0 Å². The Morgan fingerprint density at radius 2 is 2.15 bits per heavy atom. The first kappa shape index (κ1) is 13.4. The Morgan fingerprint density at radius 3 is 2.95 bits per heavy atom. The predicted molar refractivity (Wildman–Crippen MR) is 81.9 cm³/mol. The van der Waals surface area contributed by atoms with Crippen LogP contribution >= 0.6 is 15.9 Å². The highest BCUT2D eigenvalue weighted by Gasteiger charge is 2.24. The van der Waals surface area contributed by atoms with E-state index in [1.54, 1.807) is 0 Å². The van der Waals surface area contributed by atoms with E-state index < -0.39 is 0 Å². The first-order chi connectivity index (χ1) is 9.69. The van der Waals surface area contributed by atoms with Gasteiger partial charge in [0.15, 0.2) is 0 Å². The number of ether oxygens (including phenoxy) is 1. The number of hydrogen-bond acceptors (Lipinski definition) is 4. The Bertz CT molecular complexity index is 645. The maximum Gasteiger partial charge on any atom is 0.141 e. The topological polar surface area (TPSA) is 61.0 Å². The molecular weight excluding hydrogens is 318 g/mol. The standard InChI is InChI=1S/C15H16BrN3O/c1-2-11-13(16)14(17)19-15(18-11)10-7-9-5-3-4-6-12(9)20-8-10/h3-6,10H,2,7-8H2,1H3,(H2,17,18,19). The number of benzene rings is 1. The fraction of sp³-hybridized carbons (Fsp3) is 0.333. The highest BCUT2D eigenvalue weighted by molar-refractivity contribution is 9.10. The van der Waals surface area contributed by atoms with E-state index in [1.165, 1.54) is 5.56 Å². The number of nitrogens with zero attached hydrogens (tertiary/aromatic N) is 2. The van der Waals surface area contributed by atoms with Gasteiger partial charge in [0.25, 0.3) is 0 Å². The number of para-hydroxylation sites is 1. The molecule has 104 valence electrons. The van der Waals surface area contributed by atoms with Gasteiger partial charge >= 0.3 is 0 Å². The summed E-state index contributed by atoms with van der Waals surface area (Å²) in [6.07, 6.45) is 1.71. The molecule has 3 rings (SSSR count). The van der Waals surface area contributed by atoms with Gasteiger partial charge in [-0.15, -0.1) is 0 Å². The Balaban J connectivity index is 1.93. The predicted octanol–water partition coefficient (Wildman–Crippen LogP) is 3.10. The third kappa shape index (κ3) is 2.38. The molecule has 1 atom stereocenters. The summed E-state index contributed by atoms with van der Waals surface area (Å²) in [5, 5.41) is 0. The minimum Gasteiger partial charge on any atom is -0.493 e. The molecule has 1 aromatic heterocycles. The number of hydrogen-bond donors (Lipinski definition) is 1. The van der Waals surface area contributed by atoms with Crippen LogP contribution in [-0.4, -0.2) is 16.6 Å². The van der Waals surface area contributed by atoms with Crippen LogP contribution in [0.5, 0.6) is 5.75 Å². The number of aromatic nitrogens is 2. The van der Waals surface area contributed by atoms with Crippen molar-refractivity contribution in [1.82, 2.24) is 9.97 Å². The summed E-state index contributed by atoms with van der Waals surface area (Å²) in [5.41, 5.74) is 8.11. The summed E-state index contributed by atoms with van der Waals surface area (Å²) in [5.74, 6) is 2.40. The van der Waals surface area contributed by atoms with E-state index in [0.717, 1.165) is 34.6 Å². The lowest BCUT2D eigenvalue weighted by Crippen LogP contribution is -2.22. The lowest BCUT2D eigenvalue weighted by atomic mass is 9.96. The van der Waals surface area contributed by atoms with Crippen LogP contribution in [0, 0.1) is 0 Å². The fourth-order valence-corrected chi connectivity index (χ4v) is 2.90. The molecule has 0 amide bonds. The third-order valence-corrected chi connectivity index (χ3v) is 4.41. The zero-order chi connectivity index (χ0) is 14.1. The molecule has 0 fully saturated rings. The highest BCUT2D eigenvalue weighted by atomic mass is 79.9. The van der Waals surface area contributed by atoms with Crippen molar-refractivity contribution in [2.24, 2.45) is 0 Å². The molecule has 2 N–H and O–H groups in total. The average Bonchev–Trinajstić information content (AvgIpc) is 2.49. The number of aryl methyl sites for hydroxylation is 1. The van der Waals surface area contributed by atoms with Gasteiger partial charge < -0.3 is 10.5 Å². The molecule has 2 aromatic rings. The van der Waals surface area contributed by atoms with Crippen molar-refractivity contribution < 1.29 is 4.74 Å². The minimum absolute atomic E-state index is 0.158. The van der Waals surface area contributed by atoms with Gasteiger partial charge in [-0.2, -0.15) is 0 Å². The van der Waals surface area contributed by atoms with Crippen LogP contribution in [0.15, 0.2) is 28.7 Å². The van der Waals surface area contributed by atoms with E-state index in [2.05, 4.69) is 38.9 Å². The van der Waals surface area contributed by atoms with E-state index in [9.17, 15) is 0 Å². The van der Waals surface area contributed by atoms with E-state index in [0.29, 0.717) is 12.4 Å². The molecule has 20 heavy (non-hydrogen) atoms.